The van der Waals surface area contributed by atoms with Gasteiger partial charge in [0.25, 0.3) is 0 Å². The first-order valence-electron chi connectivity index (χ1n) is 8.87. The van der Waals surface area contributed by atoms with Crippen LogP contribution < -0.4 is 10.2 Å². The van der Waals surface area contributed by atoms with Crippen LogP contribution >= 0.6 is 0 Å². The Morgan fingerprint density at radius 2 is 2.12 bits per heavy atom. The van der Waals surface area contributed by atoms with Gasteiger partial charge in [0.2, 0.25) is 11.3 Å². The molecule has 0 aromatic carbocycles. The van der Waals surface area contributed by atoms with Gasteiger partial charge >= 0.3 is 0 Å². The molecule has 1 saturated heterocycles. The number of hydrogen-bond acceptors (Lipinski definition) is 9. The van der Waals surface area contributed by atoms with Crippen LogP contribution in [0.3, 0.4) is 0 Å². The van der Waals surface area contributed by atoms with Gasteiger partial charge in [-0.1, -0.05) is 6.92 Å². The maximum absolute atomic E-state index is 5.11. The summed E-state index contributed by atoms with van der Waals surface area (Å²) in [6.07, 6.45) is 2.50. The number of anilines is 2. The number of nitrogens with zero attached hydrogens (tertiary/aromatic N) is 6. The van der Waals surface area contributed by atoms with E-state index < -0.39 is 0 Å². The van der Waals surface area contributed by atoms with Crippen molar-refractivity contribution in [2.24, 2.45) is 5.92 Å². The molecule has 0 unspecified atom stereocenters. The van der Waals surface area contributed by atoms with E-state index in [1.807, 2.05) is 0 Å². The van der Waals surface area contributed by atoms with E-state index in [4.69, 9.17) is 9.37 Å². The fourth-order valence-electron chi connectivity index (χ4n) is 3.35. The largest absolute Gasteiger partial charge is 0.383 e. The molecule has 1 N–H and O–H groups in total. The maximum atomic E-state index is 5.11. The Labute approximate surface area is 147 Å². The summed E-state index contributed by atoms with van der Waals surface area (Å²) < 4.78 is 9.86. The van der Waals surface area contributed by atoms with E-state index in [1.54, 1.807) is 7.11 Å². The Morgan fingerprint density at radius 1 is 1.32 bits per heavy atom. The number of rotatable bonds is 8. The van der Waals surface area contributed by atoms with Crippen molar-refractivity contribution in [2.45, 2.75) is 19.8 Å². The summed E-state index contributed by atoms with van der Waals surface area (Å²) >= 11 is 0. The first-order valence-corrected chi connectivity index (χ1v) is 8.87. The number of nitrogens with one attached hydrogen (secondary N) is 1. The summed E-state index contributed by atoms with van der Waals surface area (Å²) in [7, 11) is 3.73. The highest BCUT2D eigenvalue weighted by Gasteiger charge is 2.23. The van der Waals surface area contributed by atoms with Crippen molar-refractivity contribution < 1.29 is 9.37 Å². The van der Waals surface area contributed by atoms with Crippen LogP contribution in [0.5, 0.6) is 0 Å². The van der Waals surface area contributed by atoms with E-state index in [-0.39, 0.29) is 0 Å². The molecule has 3 rings (SSSR count). The lowest BCUT2D eigenvalue weighted by molar-refractivity contribution is 0.185. The van der Waals surface area contributed by atoms with Gasteiger partial charge in [0.1, 0.15) is 0 Å². The molecule has 0 saturated carbocycles. The zero-order chi connectivity index (χ0) is 17.6. The van der Waals surface area contributed by atoms with Gasteiger partial charge in [-0.25, -0.2) is 14.6 Å². The minimum absolute atomic E-state index is 0.409. The van der Waals surface area contributed by atoms with Crippen LogP contribution in [0.4, 0.5) is 11.6 Å². The van der Waals surface area contributed by atoms with E-state index in [1.165, 1.54) is 19.4 Å². The summed E-state index contributed by atoms with van der Waals surface area (Å²) in [6, 6.07) is 0. The Balaban J connectivity index is 1.76. The highest BCUT2D eigenvalue weighted by Crippen LogP contribution is 2.25. The summed E-state index contributed by atoms with van der Waals surface area (Å²) in [4.78, 5) is 13.8. The normalized spacial score (nSPS) is 18.6. The first-order chi connectivity index (χ1) is 12.2. The summed E-state index contributed by atoms with van der Waals surface area (Å²) in [5.74, 6) is 2.08. The minimum Gasteiger partial charge on any atom is -0.383 e. The molecular weight excluding hydrogens is 322 g/mol. The summed E-state index contributed by atoms with van der Waals surface area (Å²) in [5.41, 5.74) is 0.838. The van der Waals surface area contributed by atoms with Crippen molar-refractivity contribution >= 4 is 22.9 Å². The van der Waals surface area contributed by atoms with Crippen molar-refractivity contribution in [1.82, 2.24) is 25.2 Å². The molecule has 3 heterocycles. The van der Waals surface area contributed by atoms with Crippen molar-refractivity contribution in [3.05, 3.63) is 0 Å². The molecule has 0 spiro atoms. The second-order valence-corrected chi connectivity index (χ2v) is 6.51. The molecule has 1 atom stereocenters. The molecule has 0 bridgehead atoms. The van der Waals surface area contributed by atoms with Crippen LogP contribution in [0.25, 0.3) is 11.3 Å². The third-order valence-electron chi connectivity index (χ3n) is 4.64. The Kier molecular flexibility index (Phi) is 5.98. The minimum atomic E-state index is 0.409. The highest BCUT2D eigenvalue weighted by atomic mass is 16.6. The smallest absolute Gasteiger partial charge is 0.245 e. The Bertz CT molecular complexity index is 678. The van der Waals surface area contributed by atoms with Gasteiger partial charge in [0.15, 0.2) is 11.6 Å². The van der Waals surface area contributed by atoms with Crippen molar-refractivity contribution in [3.8, 4) is 0 Å². The first kappa shape index (κ1) is 17.8. The number of piperidine rings is 1. The monoisotopic (exact) mass is 349 g/mol. The van der Waals surface area contributed by atoms with Crippen LogP contribution in [-0.4, -0.2) is 78.7 Å². The quantitative estimate of drug-likeness (QED) is 0.706. The second-order valence-electron chi connectivity index (χ2n) is 6.51. The zero-order valence-corrected chi connectivity index (χ0v) is 15.2. The lowest BCUT2D eigenvalue weighted by Crippen LogP contribution is -2.40. The van der Waals surface area contributed by atoms with Gasteiger partial charge in [0.05, 0.1) is 6.61 Å². The van der Waals surface area contributed by atoms with Gasteiger partial charge in [-0.15, -0.1) is 0 Å². The molecule has 2 aromatic rings. The number of methoxy groups -OCH3 is 1. The SMILES string of the molecule is CCN1CCC[C@@H](CN(C)c2nc3nonc3nc2NCCOC)C1. The maximum Gasteiger partial charge on any atom is 0.245 e. The number of fused-ring (bicyclic) bond motifs is 1. The zero-order valence-electron chi connectivity index (χ0n) is 15.2. The summed E-state index contributed by atoms with van der Waals surface area (Å²) in [6.45, 7) is 7.84. The number of aromatic nitrogens is 4. The predicted molar refractivity (Wildman–Crippen MR) is 95.9 cm³/mol. The standard InChI is InChI=1S/C16H27N7O2/c1-4-23-8-5-6-12(11-23)10-22(2)16-15(17-7-9-24-3)18-13-14(19-16)21-25-20-13/h12H,4-11H2,1-3H3,(H,17,18,20)/t12-/m0/s1. The number of likely N-dealkylation sites (tertiary alicyclic amines) is 1. The van der Waals surface area contributed by atoms with Crippen molar-refractivity contribution in [1.29, 1.82) is 0 Å². The fourth-order valence-corrected chi connectivity index (χ4v) is 3.35. The van der Waals surface area contributed by atoms with Gasteiger partial charge in [0, 0.05) is 33.8 Å². The van der Waals surface area contributed by atoms with Crippen molar-refractivity contribution in [3.63, 3.8) is 0 Å². The van der Waals surface area contributed by atoms with Crippen LogP contribution in [0.15, 0.2) is 4.63 Å². The van der Waals surface area contributed by atoms with E-state index in [0.717, 1.165) is 25.5 Å². The fraction of sp³-hybridized carbons (Fsp3) is 0.750. The molecule has 0 amide bonds. The van der Waals surface area contributed by atoms with E-state index in [0.29, 0.717) is 36.2 Å². The Morgan fingerprint density at radius 3 is 2.88 bits per heavy atom. The molecule has 9 heteroatoms. The third-order valence-corrected chi connectivity index (χ3v) is 4.64. The van der Waals surface area contributed by atoms with E-state index in [2.05, 4.69) is 49.4 Å². The molecule has 25 heavy (non-hydrogen) atoms. The average molecular weight is 349 g/mol. The van der Waals surface area contributed by atoms with Crippen LogP contribution in [0.1, 0.15) is 19.8 Å². The van der Waals surface area contributed by atoms with E-state index >= 15 is 0 Å². The molecule has 138 valence electrons. The number of ether oxygens (including phenoxy) is 1. The van der Waals surface area contributed by atoms with Gasteiger partial charge in [-0.2, -0.15) is 0 Å². The summed E-state index contributed by atoms with van der Waals surface area (Å²) in [5, 5.41) is 10.9. The molecule has 0 aliphatic carbocycles. The lowest BCUT2D eigenvalue weighted by Gasteiger charge is -2.34. The average Bonchev–Trinajstić information content (AvgIpc) is 3.08. The molecular formula is C16H27N7O2. The van der Waals surface area contributed by atoms with E-state index in [9.17, 15) is 0 Å². The molecule has 1 aliphatic rings. The molecule has 1 fully saturated rings. The molecule has 2 aromatic heterocycles. The topological polar surface area (TPSA) is 92.4 Å². The van der Waals surface area contributed by atoms with Crippen LogP contribution in [0, 0.1) is 5.92 Å². The molecule has 9 nitrogen and oxygen atoms in total. The Hall–Kier alpha value is -2.00. The second kappa shape index (κ2) is 8.39. The predicted octanol–water partition coefficient (Wildman–Crippen LogP) is 1.24. The van der Waals surface area contributed by atoms with Crippen LogP contribution in [0.2, 0.25) is 0 Å². The number of hydrogen-bond donors (Lipinski definition) is 1. The lowest BCUT2D eigenvalue weighted by atomic mass is 9.97. The van der Waals surface area contributed by atoms with Gasteiger partial charge in [-0.05, 0) is 42.2 Å². The van der Waals surface area contributed by atoms with Gasteiger partial charge < -0.3 is 19.9 Å². The van der Waals surface area contributed by atoms with Crippen molar-refractivity contribution in [2.75, 3.05) is 63.7 Å². The molecule has 0 radical (unpaired) electrons. The van der Waals surface area contributed by atoms with Crippen LogP contribution in [-0.2, 0) is 4.74 Å². The van der Waals surface area contributed by atoms with Gasteiger partial charge in [-0.3, -0.25) is 0 Å². The molecule has 1 aliphatic heterocycles. The highest BCUT2D eigenvalue weighted by molar-refractivity contribution is 5.73. The third kappa shape index (κ3) is 4.35.